The summed E-state index contributed by atoms with van der Waals surface area (Å²) in [5.41, 5.74) is 1.10. The molecule has 0 unspecified atom stereocenters. The highest BCUT2D eigenvalue weighted by atomic mass is 19.4. The first-order valence-corrected chi connectivity index (χ1v) is 11.9. The quantitative estimate of drug-likeness (QED) is 0.377. The first-order valence-electron chi connectivity index (χ1n) is 11.9. The van der Waals surface area contributed by atoms with Crippen LogP contribution in [-0.4, -0.2) is 58.1 Å². The maximum absolute atomic E-state index is 14.3. The van der Waals surface area contributed by atoms with Crippen LogP contribution in [-0.2, 0) is 9.53 Å². The van der Waals surface area contributed by atoms with E-state index in [1.54, 1.807) is 48.4 Å². The maximum atomic E-state index is 14.3. The molecule has 2 aliphatic rings. The summed E-state index contributed by atoms with van der Waals surface area (Å²) in [5.74, 6) is -1.12. The van der Waals surface area contributed by atoms with Gasteiger partial charge < -0.3 is 24.0 Å². The molecule has 0 aliphatic carbocycles. The normalized spacial score (nSPS) is 20.9. The molecule has 36 heavy (non-hydrogen) atoms. The second-order valence-electron chi connectivity index (χ2n) is 9.18. The molecule has 2 saturated heterocycles. The smallest absolute Gasteiger partial charge is 0.393 e. The van der Waals surface area contributed by atoms with Crippen molar-refractivity contribution in [2.24, 2.45) is 5.92 Å². The maximum Gasteiger partial charge on any atom is 0.393 e. The number of hydrogen-bond acceptors (Lipinski definition) is 6. The molecule has 4 rings (SSSR count). The molecule has 6 nitrogen and oxygen atoms in total. The molecule has 196 valence electrons. The molecular weight excluding hydrogens is 480 g/mol. The lowest BCUT2D eigenvalue weighted by molar-refractivity contribution is -0.169. The van der Waals surface area contributed by atoms with E-state index in [-0.39, 0.29) is 31.3 Å². The van der Waals surface area contributed by atoms with Gasteiger partial charge in [-0.15, -0.1) is 0 Å². The zero-order valence-corrected chi connectivity index (χ0v) is 20.3. The van der Waals surface area contributed by atoms with E-state index in [1.807, 2.05) is 4.90 Å². The fraction of sp³-hybridized carbons (Fsp3) is 0.500. The van der Waals surface area contributed by atoms with Gasteiger partial charge in [0.25, 0.3) is 0 Å². The Morgan fingerprint density at radius 3 is 2.31 bits per heavy atom. The summed E-state index contributed by atoms with van der Waals surface area (Å²) < 4.78 is 70.4. The van der Waals surface area contributed by atoms with Gasteiger partial charge in [-0.05, 0) is 42.8 Å². The molecule has 0 bridgehead atoms. The summed E-state index contributed by atoms with van der Waals surface area (Å²) in [6.45, 7) is 1.04. The van der Waals surface area contributed by atoms with Gasteiger partial charge in [-0.1, -0.05) is 0 Å². The van der Waals surface area contributed by atoms with Crippen LogP contribution in [0.2, 0.25) is 0 Å². The van der Waals surface area contributed by atoms with Crippen LogP contribution in [0.3, 0.4) is 0 Å². The van der Waals surface area contributed by atoms with Crippen LogP contribution in [0, 0.1) is 11.7 Å². The Morgan fingerprint density at radius 1 is 1.03 bits per heavy atom. The average Bonchev–Trinajstić information content (AvgIpc) is 3.29. The van der Waals surface area contributed by atoms with Gasteiger partial charge in [0.1, 0.15) is 23.4 Å². The third kappa shape index (κ3) is 5.96. The molecule has 2 atom stereocenters. The first-order chi connectivity index (χ1) is 17.2. The van der Waals surface area contributed by atoms with E-state index < -0.39 is 24.1 Å². The number of methoxy groups -OCH3 is 2. The summed E-state index contributed by atoms with van der Waals surface area (Å²) in [6, 6.07) is 11.0. The van der Waals surface area contributed by atoms with Gasteiger partial charge in [-0.25, -0.2) is 4.39 Å². The molecule has 0 aromatic heterocycles. The summed E-state index contributed by atoms with van der Waals surface area (Å²) in [4.78, 5) is 15.4. The molecule has 2 fully saturated rings. The first kappa shape index (κ1) is 25.9. The number of piperidine rings is 1. The standard InChI is InChI=1S/C26H30F4N2O4/c1-34-22-7-8-23(27)24(15-22)31-11-9-21(10-12-31)36-20-5-3-18(4-6-20)32-16-17(26(28,29)30)13-19(32)14-25(33)35-2/h3-8,15,17,19,21H,9-14,16H2,1-2H3/t17-,19-/m1/s1. The van der Waals surface area contributed by atoms with E-state index in [1.165, 1.54) is 13.2 Å². The monoisotopic (exact) mass is 510 g/mol. The molecule has 10 heteroatoms. The van der Waals surface area contributed by atoms with Crippen molar-refractivity contribution in [3.63, 3.8) is 0 Å². The van der Waals surface area contributed by atoms with Crippen molar-refractivity contribution >= 4 is 17.3 Å². The van der Waals surface area contributed by atoms with Crippen molar-refractivity contribution in [2.45, 2.75) is 44.0 Å². The Balaban J connectivity index is 1.37. The Kier molecular flexibility index (Phi) is 7.80. The van der Waals surface area contributed by atoms with Crippen molar-refractivity contribution in [2.75, 3.05) is 43.7 Å². The molecule has 0 saturated carbocycles. The second-order valence-corrected chi connectivity index (χ2v) is 9.18. The number of hydrogen-bond donors (Lipinski definition) is 0. The number of rotatable bonds is 7. The van der Waals surface area contributed by atoms with Crippen molar-refractivity contribution in [1.29, 1.82) is 0 Å². The zero-order valence-electron chi connectivity index (χ0n) is 20.3. The van der Waals surface area contributed by atoms with E-state index in [2.05, 4.69) is 4.74 Å². The van der Waals surface area contributed by atoms with Crippen molar-refractivity contribution in [1.82, 2.24) is 0 Å². The molecule has 0 spiro atoms. The summed E-state index contributed by atoms with van der Waals surface area (Å²) in [5, 5.41) is 0. The summed E-state index contributed by atoms with van der Waals surface area (Å²) in [6.07, 6.45) is -3.25. The zero-order chi connectivity index (χ0) is 25.9. The van der Waals surface area contributed by atoms with Crippen LogP contribution in [0.15, 0.2) is 42.5 Å². The highest BCUT2D eigenvalue weighted by Gasteiger charge is 2.48. The lowest BCUT2D eigenvalue weighted by Crippen LogP contribution is -2.38. The van der Waals surface area contributed by atoms with Crippen LogP contribution in [0.4, 0.5) is 28.9 Å². The average molecular weight is 511 g/mol. The minimum Gasteiger partial charge on any atom is -0.497 e. The van der Waals surface area contributed by atoms with Crippen LogP contribution in [0.1, 0.15) is 25.7 Å². The lowest BCUT2D eigenvalue weighted by atomic mass is 10.0. The number of ether oxygens (including phenoxy) is 3. The molecule has 2 aliphatic heterocycles. The Morgan fingerprint density at radius 2 is 1.69 bits per heavy atom. The van der Waals surface area contributed by atoms with Gasteiger partial charge in [-0.3, -0.25) is 4.79 Å². The van der Waals surface area contributed by atoms with Crippen LogP contribution in [0.25, 0.3) is 0 Å². The fourth-order valence-corrected chi connectivity index (χ4v) is 4.92. The topological polar surface area (TPSA) is 51.2 Å². The Labute approximate surface area is 207 Å². The molecule has 2 aromatic rings. The molecule has 2 heterocycles. The van der Waals surface area contributed by atoms with Gasteiger partial charge in [0, 0.05) is 50.3 Å². The third-order valence-corrected chi connectivity index (χ3v) is 6.91. The van der Waals surface area contributed by atoms with E-state index >= 15 is 0 Å². The number of halogens is 4. The van der Waals surface area contributed by atoms with Crippen LogP contribution in [0.5, 0.6) is 11.5 Å². The molecule has 0 amide bonds. The largest absolute Gasteiger partial charge is 0.497 e. The number of esters is 1. The number of alkyl halides is 3. The molecule has 0 N–H and O–H groups in total. The number of carbonyl (C=O) groups is 1. The van der Waals surface area contributed by atoms with Crippen molar-refractivity contribution in [3.05, 3.63) is 48.3 Å². The minimum absolute atomic E-state index is 0.0609. The Bertz CT molecular complexity index is 1040. The fourth-order valence-electron chi connectivity index (χ4n) is 4.92. The predicted octanol–water partition coefficient (Wildman–Crippen LogP) is 5.20. The van der Waals surface area contributed by atoms with Crippen molar-refractivity contribution < 1.29 is 36.6 Å². The molecule has 2 aromatic carbocycles. The van der Waals surface area contributed by atoms with Gasteiger partial charge in [0.05, 0.1) is 32.2 Å². The highest BCUT2D eigenvalue weighted by molar-refractivity contribution is 5.71. The van der Waals surface area contributed by atoms with E-state index in [9.17, 15) is 22.4 Å². The van der Waals surface area contributed by atoms with Crippen LogP contribution < -0.4 is 19.3 Å². The van der Waals surface area contributed by atoms with Gasteiger partial charge >= 0.3 is 12.1 Å². The highest BCUT2D eigenvalue weighted by Crippen LogP contribution is 2.40. The number of anilines is 2. The van der Waals surface area contributed by atoms with Gasteiger partial charge in [-0.2, -0.15) is 13.2 Å². The van der Waals surface area contributed by atoms with Crippen LogP contribution >= 0.6 is 0 Å². The minimum atomic E-state index is -4.32. The number of carbonyl (C=O) groups excluding carboxylic acids is 1. The van der Waals surface area contributed by atoms with E-state index in [0.29, 0.717) is 48.8 Å². The number of benzene rings is 2. The Hall–Kier alpha value is -3.17. The van der Waals surface area contributed by atoms with Gasteiger partial charge in [0.15, 0.2) is 0 Å². The van der Waals surface area contributed by atoms with E-state index in [0.717, 1.165) is 0 Å². The number of nitrogens with zero attached hydrogens (tertiary/aromatic N) is 2. The SMILES string of the molecule is COC(=O)C[C@H]1C[C@@H](C(F)(F)F)CN1c1ccc(OC2CCN(c3cc(OC)ccc3F)CC2)cc1. The summed E-state index contributed by atoms with van der Waals surface area (Å²) >= 11 is 0. The third-order valence-electron chi connectivity index (χ3n) is 6.91. The lowest BCUT2D eigenvalue weighted by Gasteiger charge is -2.34. The summed E-state index contributed by atoms with van der Waals surface area (Å²) in [7, 11) is 2.77. The van der Waals surface area contributed by atoms with Crippen molar-refractivity contribution in [3.8, 4) is 11.5 Å². The molecule has 0 radical (unpaired) electrons. The van der Waals surface area contributed by atoms with Gasteiger partial charge in [0.2, 0.25) is 0 Å². The van der Waals surface area contributed by atoms with E-state index in [4.69, 9.17) is 9.47 Å². The predicted molar refractivity (Wildman–Crippen MR) is 127 cm³/mol. The second kappa shape index (κ2) is 10.8. The molecular formula is C26H30F4N2O4.